The molecule has 2 unspecified atom stereocenters. The van der Waals surface area contributed by atoms with Crippen LogP contribution in [-0.2, 0) is 0 Å². The maximum absolute atomic E-state index is 13.6. The van der Waals surface area contributed by atoms with E-state index in [1.807, 2.05) is 0 Å². The molecule has 2 aliphatic rings. The summed E-state index contributed by atoms with van der Waals surface area (Å²) in [5.41, 5.74) is 1.06. The fraction of sp³-hybridized carbons (Fsp3) is 0.647. The van der Waals surface area contributed by atoms with E-state index in [-0.39, 0.29) is 5.82 Å². The Morgan fingerprint density at radius 3 is 2.75 bits per heavy atom. The second kappa shape index (κ2) is 6.13. The number of methoxy groups -OCH3 is 1. The molecule has 1 aromatic carbocycles. The Labute approximate surface area is 120 Å². The number of hydrogen-bond acceptors (Lipinski definition) is 2. The Kier molecular flexibility index (Phi) is 4.25. The summed E-state index contributed by atoms with van der Waals surface area (Å²) in [6.07, 6.45) is 7.57. The standard InChI is InChI=1S/C17H24FNO/c1-20-17-9-6-13(18)10-16(17)15-5-3-2-4-12(15)11-19-14-7-8-14/h6,9-10,12,14-15,19H,2-5,7-8,11H2,1H3. The van der Waals surface area contributed by atoms with Crippen molar-refractivity contribution in [1.29, 1.82) is 0 Å². The summed E-state index contributed by atoms with van der Waals surface area (Å²) in [4.78, 5) is 0. The van der Waals surface area contributed by atoms with E-state index in [1.54, 1.807) is 19.2 Å². The van der Waals surface area contributed by atoms with Crippen molar-refractivity contribution in [3.8, 4) is 5.75 Å². The number of hydrogen-bond donors (Lipinski definition) is 1. The SMILES string of the molecule is COc1ccc(F)cc1C1CCCCC1CNC1CC1. The van der Waals surface area contributed by atoms with Gasteiger partial charge in [-0.05, 0) is 62.3 Å². The average Bonchev–Trinajstić information content (AvgIpc) is 3.29. The molecule has 3 rings (SSSR count). The van der Waals surface area contributed by atoms with Crippen LogP contribution in [0.4, 0.5) is 4.39 Å². The van der Waals surface area contributed by atoms with Crippen LogP contribution in [0.2, 0.25) is 0 Å². The predicted octanol–water partition coefficient (Wildman–Crippen LogP) is 3.86. The zero-order valence-corrected chi connectivity index (χ0v) is 12.2. The van der Waals surface area contributed by atoms with Gasteiger partial charge in [-0.15, -0.1) is 0 Å². The maximum Gasteiger partial charge on any atom is 0.123 e. The van der Waals surface area contributed by atoms with E-state index >= 15 is 0 Å². The maximum atomic E-state index is 13.6. The summed E-state index contributed by atoms with van der Waals surface area (Å²) in [6.45, 7) is 1.06. The van der Waals surface area contributed by atoms with Gasteiger partial charge >= 0.3 is 0 Å². The van der Waals surface area contributed by atoms with Gasteiger partial charge in [0.15, 0.2) is 0 Å². The summed E-state index contributed by atoms with van der Waals surface area (Å²) in [7, 11) is 1.68. The second-order valence-corrected chi connectivity index (χ2v) is 6.22. The summed E-state index contributed by atoms with van der Waals surface area (Å²) in [6, 6.07) is 5.68. The van der Waals surface area contributed by atoms with Crippen LogP contribution in [0.3, 0.4) is 0 Å². The number of rotatable bonds is 5. The van der Waals surface area contributed by atoms with Crippen LogP contribution in [0.1, 0.15) is 50.0 Å². The molecule has 0 heterocycles. The van der Waals surface area contributed by atoms with Gasteiger partial charge in [-0.1, -0.05) is 12.8 Å². The largest absolute Gasteiger partial charge is 0.496 e. The highest BCUT2D eigenvalue weighted by Crippen LogP contribution is 2.41. The van der Waals surface area contributed by atoms with E-state index in [0.717, 1.165) is 30.3 Å². The molecule has 0 amide bonds. The van der Waals surface area contributed by atoms with Gasteiger partial charge < -0.3 is 10.1 Å². The third kappa shape index (κ3) is 3.14. The van der Waals surface area contributed by atoms with E-state index < -0.39 is 0 Å². The molecule has 110 valence electrons. The molecule has 1 aromatic rings. The number of benzene rings is 1. The summed E-state index contributed by atoms with van der Waals surface area (Å²) >= 11 is 0. The molecule has 0 spiro atoms. The van der Waals surface area contributed by atoms with Crippen molar-refractivity contribution in [3.05, 3.63) is 29.6 Å². The normalized spacial score (nSPS) is 26.5. The molecule has 2 aliphatic carbocycles. The molecule has 2 fully saturated rings. The second-order valence-electron chi connectivity index (χ2n) is 6.22. The Balaban J connectivity index is 1.78. The Bertz CT molecular complexity index is 458. The first-order valence-corrected chi connectivity index (χ1v) is 7.84. The quantitative estimate of drug-likeness (QED) is 0.882. The van der Waals surface area contributed by atoms with Crippen molar-refractivity contribution < 1.29 is 9.13 Å². The fourth-order valence-electron chi connectivity index (χ4n) is 3.46. The van der Waals surface area contributed by atoms with E-state index in [1.165, 1.54) is 38.2 Å². The monoisotopic (exact) mass is 277 g/mol. The molecule has 0 bridgehead atoms. The fourth-order valence-corrected chi connectivity index (χ4v) is 3.46. The van der Waals surface area contributed by atoms with Gasteiger partial charge in [0.25, 0.3) is 0 Å². The molecule has 1 N–H and O–H groups in total. The van der Waals surface area contributed by atoms with E-state index in [2.05, 4.69) is 5.32 Å². The van der Waals surface area contributed by atoms with Crippen molar-refractivity contribution in [2.45, 2.75) is 50.5 Å². The van der Waals surface area contributed by atoms with Crippen LogP contribution in [-0.4, -0.2) is 19.7 Å². The van der Waals surface area contributed by atoms with Gasteiger partial charge in [0.2, 0.25) is 0 Å². The lowest BCUT2D eigenvalue weighted by Crippen LogP contribution is -2.31. The molecular formula is C17H24FNO. The zero-order valence-electron chi connectivity index (χ0n) is 12.2. The predicted molar refractivity (Wildman–Crippen MR) is 78.7 cm³/mol. The van der Waals surface area contributed by atoms with Crippen LogP contribution < -0.4 is 10.1 Å². The smallest absolute Gasteiger partial charge is 0.123 e. The highest BCUT2D eigenvalue weighted by atomic mass is 19.1. The molecule has 3 heteroatoms. The first-order valence-electron chi connectivity index (χ1n) is 7.84. The summed E-state index contributed by atoms with van der Waals surface area (Å²) in [5.74, 6) is 1.73. The van der Waals surface area contributed by atoms with Gasteiger partial charge in [-0.25, -0.2) is 4.39 Å². The van der Waals surface area contributed by atoms with Gasteiger partial charge in [0.1, 0.15) is 11.6 Å². The third-order valence-corrected chi connectivity index (χ3v) is 4.75. The third-order valence-electron chi connectivity index (χ3n) is 4.75. The van der Waals surface area contributed by atoms with Crippen molar-refractivity contribution >= 4 is 0 Å². The topological polar surface area (TPSA) is 21.3 Å². The molecule has 2 nitrogen and oxygen atoms in total. The van der Waals surface area contributed by atoms with Crippen LogP contribution in [0.5, 0.6) is 5.75 Å². The van der Waals surface area contributed by atoms with Crippen molar-refractivity contribution in [3.63, 3.8) is 0 Å². The highest BCUT2D eigenvalue weighted by Gasteiger charge is 2.30. The lowest BCUT2D eigenvalue weighted by molar-refractivity contribution is 0.286. The van der Waals surface area contributed by atoms with Crippen LogP contribution >= 0.6 is 0 Å². The molecule has 0 aliphatic heterocycles. The molecule has 2 saturated carbocycles. The van der Waals surface area contributed by atoms with Crippen molar-refractivity contribution in [1.82, 2.24) is 5.32 Å². The lowest BCUT2D eigenvalue weighted by atomic mass is 9.75. The van der Waals surface area contributed by atoms with Crippen LogP contribution in [0, 0.1) is 11.7 Å². The van der Waals surface area contributed by atoms with Crippen LogP contribution in [0.15, 0.2) is 18.2 Å². The minimum Gasteiger partial charge on any atom is -0.496 e. The van der Waals surface area contributed by atoms with E-state index in [0.29, 0.717) is 11.8 Å². The van der Waals surface area contributed by atoms with Crippen molar-refractivity contribution in [2.24, 2.45) is 5.92 Å². The zero-order chi connectivity index (χ0) is 13.9. The first kappa shape index (κ1) is 13.9. The molecule has 0 saturated heterocycles. The van der Waals surface area contributed by atoms with Crippen LogP contribution in [0.25, 0.3) is 0 Å². The van der Waals surface area contributed by atoms with E-state index in [9.17, 15) is 4.39 Å². The average molecular weight is 277 g/mol. The Morgan fingerprint density at radius 1 is 1.20 bits per heavy atom. The van der Waals surface area contributed by atoms with Crippen molar-refractivity contribution in [2.75, 3.05) is 13.7 Å². The number of halogens is 1. The van der Waals surface area contributed by atoms with Gasteiger partial charge in [-0.2, -0.15) is 0 Å². The lowest BCUT2D eigenvalue weighted by Gasteiger charge is -2.33. The Morgan fingerprint density at radius 2 is 2.00 bits per heavy atom. The summed E-state index contributed by atoms with van der Waals surface area (Å²) < 4.78 is 19.1. The van der Waals surface area contributed by atoms with Gasteiger partial charge in [0.05, 0.1) is 7.11 Å². The molecule has 20 heavy (non-hydrogen) atoms. The summed E-state index contributed by atoms with van der Waals surface area (Å²) in [5, 5.41) is 3.64. The minimum atomic E-state index is -0.153. The Hall–Kier alpha value is -1.09. The highest BCUT2D eigenvalue weighted by molar-refractivity contribution is 5.37. The van der Waals surface area contributed by atoms with Gasteiger partial charge in [0, 0.05) is 11.6 Å². The first-order chi connectivity index (χ1) is 9.78. The minimum absolute atomic E-state index is 0.153. The number of nitrogens with one attached hydrogen (secondary N) is 1. The molecule has 0 radical (unpaired) electrons. The molecule has 2 atom stereocenters. The molecular weight excluding hydrogens is 253 g/mol. The van der Waals surface area contributed by atoms with E-state index in [4.69, 9.17) is 4.74 Å². The van der Waals surface area contributed by atoms with Gasteiger partial charge in [-0.3, -0.25) is 0 Å². The number of ether oxygens (including phenoxy) is 1. The molecule has 0 aromatic heterocycles.